The molecule has 1 atom stereocenters. The number of nitrogens with zero attached hydrogens (tertiary/aromatic N) is 1. The summed E-state index contributed by atoms with van der Waals surface area (Å²) in [5, 5.41) is 7.23. The fourth-order valence-corrected chi connectivity index (χ4v) is 2.07. The monoisotopic (exact) mass is 229 g/mol. The van der Waals surface area contributed by atoms with Crippen LogP contribution in [0.1, 0.15) is 37.4 Å². The Morgan fingerprint density at radius 1 is 1.35 bits per heavy atom. The number of anilines is 1. The van der Waals surface area contributed by atoms with Crippen molar-refractivity contribution in [2.75, 3.05) is 5.73 Å². The van der Waals surface area contributed by atoms with Gasteiger partial charge < -0.3 is 5.73 Å². The van der Waals surface area contributed by atoms with Gasteiger partial charge in [0.2, 0.25) is 0 Å². The van der Waals surface area contributed by atoms with Gasteiger partial charge in [0.1, 0.15) is 0 Å². The third kappa shape index (κ3) is 2.05. The first kappa shape index (κ1) is 11.7. The van der Waals surface area contributed by atoms with Gasteiger partial charge in [0.05, 0.1) is 0 Å². The topological polar surface area (TPSA) is 54.7 Å². The summed E-state index contributed by atoms with van der Waals surface area (Å²) in [6.45, 7) is 6.46. The van der Waals surface area contributed by atoms with Gasteiger partial charge in [-0.25, -0.2) is 0 Å². The number of H-pyrrole nitrogens is 1. The van der Waals surface area contributed by atoms with Gasteiger partial charge in [0.25, 0.3) is 0 Å². The molecule has 0 fully saturated rings. The number of nitrogens with two attached hydrogens (primary N) is 1. The quantitative estimate of drug-likeness (QED) is 0.846. The van der Waals surface area contributed by atoms with Crippen LogP contribution < -0.4 is 5.73 Å². The van der Waals surface area contributed by atoms with Crippen LogP contribution in [0.4, 0.5) is 5.82 Å². The highest BCUT2D eigenvalue weighted by atomic mass is 15.2. The lowest BCUT2D eigenvalue weighted by Crippen LogP contribution is -1.96. The lowest BCUT2D eigenvalue weighted by molar-refractivity contribution is 0.705. The minimum absolute atomic E-state index is 0.439. The van der Waals surface area contributed by atoms with Crippen molar-refractivity contribution >= 4 is 5.82 Å². The normalized spacial score (nSPS) is 12.6. The third-order valence-electron chi connectivity index (χ3n) is 3.34. The molecule has 0 aliphatic heterocycles. The van der Waals surface area contributed by atoms with Crippen molar-refractivity contribution in [3.8, 4) is 11.1 Å². The zero-order chi connectivity index (χ0) is 12.4. The minimum Gasteiger partial charge on any atom is -0.382 e. The lowest BCUT2D eigenvalue weighted by atomic mass is 9.94. The van der Waals surface area contributed by atoms with Crippen LogP contribution in [0.3, 0.4) is 0 Å². The first-order valence-corrected chi connectivity index (χ1v) is 6.04. The summed E-state index contributed by atoms with van der Waals surface area (Å²) in [6.07, 6.45) is 1.07. The van der Waals surface area contributed by atoms with E-state index in [1.54, 1.807) is 0 Å². The molecule has 0 bridgehead atoms. The molecule has 0 saturated carbocycles. The summed E-state index contributed by atoms with van der Waals surface area (Å²) in [5.74, 6) is 1.03. The van der Waals surface area contributed by atoms with E-state index in [4.69, 9.17) is 5.73 Å². The molecule has 2 rings (SSSR count). The molecule has 1 aromatic carbocycles. The lowest BCUT2D eigenvalue weighted by Gasteiger charge is -2.11. The van der Waals surface area contributed by atoms with Gasteiger partial charge in [0, 0.05) is 11.3 Å². The van der Waals surface area contributed by atoms with E-state index in [-0.39, 0.29) is 0 Å². The molecule has 3 nitrogen and oxygen atoms in total. The predicted molar refractivity (Wildman–Crippen MR) is 71.9 cm³/mol. The third-order valence-corrected chi connectivity index (χ3v) is 3.34. The van der Waals surface area contributed by atoms with Crippen molar-refractivity contribution in [2.45, 2.75) is 33.1 Å². The second-order valence-electron chi connectivity index (χ2n) is 4.52. The number of rotatable bonds is 3. The average molecular weight is 229 g/mol. The molecule has 3 N–H and O–H groups in total. The summed E-state index contributed by atoms with van der Waals surface area (Å²) in [6, 6.07) is 8.28. The largest absolute Gasteiger partial charge is 0.382 e. The van der Waals surface area contributed by atoms with Crippen LogP contribution in [0.25, 0.3) is 11.1 Å². The smallest absolute Gasteiger partial charge is 0.153 e. The molecule has 0 aliphatic rings. The maximum Gasteiger partial charge on any atom is 0.153 e. The Morgan fingerprint density at radius 2 is 2.06 bits per heavy atom. The Labute approximate surface area is 102 Å². The molecular formula is C14H19N3. The Bertz CT molecular complexity index is 514. The Morgan fingerprint density at radius 3 is 2.71 bits per heavy atom. The van der Waals surface area contributed by atoms with E-state index in [1.165, 1.54) is 11.1 Å². The molecule has 0 spiro atoms. The van der Waals surface area contributed by atoms with Crippen molar-refractivity contribution in [2.24, 2.45) is 0 Å². The molecular weight excluding hydrogens is 210 g/mol. The van der Waals surface area contributed by atoms with Crippen molar-refractivity contribution in [1.29, 1.82) is 0 Å². The SMILES string of the molecule is CCC(C)c1[nH]nc(N)c1-c1ccccc1C. The van der Waals surface area contributed by atoms with Crippen LogP contribution in [-0.2, 0) is 0 Å². The molecule has 0 aliphatic carbocycles. The predicted octanol–water partition coefficient (Wildman–Crippen LogP) is 3.48. The van der Waals surface area contributed by atoms with Gasteiger partial charge in [-0.2, -0.15) is 5.10 Å². The summed E-state index contributed by atoms with van der Waals surface area (Å²) in [7, 11) is 0. The molecule has 90 valence electrons. The van der Waals surface area contributed by atoms with E-state index in [2.05, 4.69) is 43.1 Å². The summed E-state index contributed by atoms with van der Waals surface area (Å²) >= 11 is 0. The van der Waals surface area contributed by atoms with E-state index in [0.29, 0.717) is 11.7 Å². The zero-order valence-corrected chi connectivity index (χ0v) is 10.6. The molecule has 1 heterocycles. The zero-order valence-electron chi connectivity index (χ0n) is 10.6. The van der Waals surface area contributed by atoms with Gasteiger partial charge in [-0.05, 0) is 30.4 Å². The first-order chi connectivity index (χ1) is 8.15. The van der Waals surface area contributed by atoms with Gasteiger partial charge in [0.15, 0.2) is 5.82 Å². The maximum absolute atomic E-state index is 5.99. The second kappa shape index (κ2) is 4.62. The van der Waals surface area contributed by atoms with E-state index in [9.17, 15) is 0 Å². The second-order valence-corrected chi connectivity index (χ2v) is 4.52. The van der Waals surface area contributed by atoms with Crippen molar-refractivity contribution in [3.05, 3.63) is 35.5 Å². The Kier molecular flexibility index (Phi) is 3.18. The summed E-state index contributed by atoms with van der Waals surface area (Å²) < 4.78 is 0. The molecule has 0 saturated heterocycles. The number of aromatic amines is 1. The highest BCUT2D eigenvalue weighted by Crippen LogP contribution is 2.34. The molecule has 0 amide bonds. The van der Waals surface area contributed by atoms with Crippen LogP contribution in [0.15, 0.2) is 24.3 Å². The maximum atomic E-state index is 5.99. The van der Waals surface area contributed by atoms with Gasteiger partial charge in [-0.3, -0.25) is 5.10 Å². The number of aryl methyl sites for hydroxylation is 1. The molecule has 0 radical (unpaired) electrons. The van der Waals surface area contributed by atoms with Crippen LogP contribution in [0, 0.1) is 6.92 Å². The van der Waals surface area contributed by atoms with E-state index < -0.39 is 0 Å². The van der Waals surface area contributed by atoms with Crippen LogP contribution in [-0.4, -0.2) is 10.2 Å². The van der Waals surface area contributed by atoms with E-state index in [0.717, 1.165) is 17.7 Å². The first-order valence-electron chi connectivity index (χ1n) is 6.04. The van der Waals surface area contributed by atoms with E-state index >= 15 is 0 Å². The number of nitrogens with one attached hydrogen (secondary N) is 1. The number of nitrogen functional groups attached to an aromatic ring is 1. The summed E-state index contributed by atoms with van der Waals surface area (Å²) in [4.78, 5) is 0. The van der Waals surface area contributed by atoms with Gasteiger partial charge in [-0.15, -0.1) is 0 Å². The van der Waals surface area contributed by atoms with E-state index in [1.807, 2.05) is 12.1 Å². The molecule has 1 aromatic heterocycles. The van der Waals surface area contributed by atoms with Crippen molar-refractivity contribution < 1.29 is 0 Å². The Hall–Kier alpha value is -1.77. The summed E-state index contributed by atoms with van der Waals surface area (Å²) in [5.41, 5.74) is 10.6. The average Bonchev–Trinajstić information content (AvgIpc) is 2.71. The van der Waals surface area contributed by atoms with Gasteiger partial charge >= 0.3 is 0 Å². The van der Waals surface area contributed by atoms with Crippen LogP contribution >= 0.6 is 0 Å². The minimum atomic E-state index is 0.439. The van der Waals surface area contributed by atoms with Crippen molar-refractivity contribution in [1.82, 2.24) is 10.2 Å². The standard InChI is InChI=1S/C14H19N3/c1-4-9(2)13-12(14(15)17-16-13)11-8-6-5-7-10(11)3/h5-9H,4H2,1-3H3,(H3,15,16,17). The fourth-order valence-electron chi connectivity index (χ4n) is 2.07. The van der Waals surface area contributed by atoms with Gasteiger partial charge in [-0.1, -0.05) is 38.1 Å². The number of hydrogen-bond acceptors (Lipinski definition) is 2. The van der Waals surface area contributed by atoms with Crippen molar-refractivity contribution in [3.63, 3.8) is 0 Å². The molecule has 2 aromatic rings. The molecule has 1 unspecified atom stereocenters. The van der Waals surface area contributed by atoms with Crippen LogP contribution in [0.5, 0.6) is 0 Å². The number of hydrogen-bond donors (Lipinski definition) is 2. The number of benzene rings is 1. The molecule has 17 heavy (non-hydrogen) atoms. The Balaban J connectivity index is 2.59. The highest BCUT2D eigenvalue weighted by Gasteiger charge is 2.17. The number of aromatic nitrogens is 2. The highest BCUT2D eigenvalue weighted by molar-refractivity contribution is 5.78. The van der Waals surface area contributed by atoms with Crippen LogP contribution in [0.2, 0.25) is 0 Å². The molecule has 3 heteroatoms. The fraction of sp³-hybridized carbons (Fsp3) is 0.357.